The first-order valence-electron chi connectivity index (χ1n) is 22.4. The van der Waals surface area contributed by atoms with Crippen LogP contribution in [0.2, 0.25) is 0 Å². The van der Waals surface area contributed by atoms with E-state index in [9.17, 15) is 14.9 Å². The van der Waals surface area contributed by atoms with Crippen molar-refractivity contribution in [1.82, 2.24) is 24.8 Å². The van der Waals surface area contributed by atoms with Crippen LogP contribution in [0.4, 0.5) is 33.6 Å². The molecule has 2 amide bonds. The van der Waals surface area contributed by atoms with Crippen LogP contribution in [-0.4, -0.2) is 105 Å². The molecule has 3 aliphatic heterocycles. The summed E-state index contributed by atoms with van der Waals surface area (Å²) in [5.41, 5.74) is -1.91. The normalized spacial score (nSPS) is 22.1. The number of rotatable bonds is 10. The summed E-state index contributed by atoms with van der Waals surface area (Å²) in [6.07, 6.45) is 10.7. The summed E-state index contributed by atoms with van der Waals surface area (Å²) >= 11 is 2.23. The number of piperazine rings is 1. The molecule has 2 unspecified atom stereocenters. The smallest absolute Gasteiger partial charge is 0.412 e. The van der Waals surface area contributed by atoms with Gasteiger partial charge in [0.25, 0.3) is 5.92 Å². The van der Waals surface area contributed by atoms with Crippen molar-refractivity contribution in [3.8, 4) is 35.7 Å². The number of likely N-dealkylation sites (tertiary alicyclic amines) is 1. The number of hydrogen-bond donors (Lipinski definition) is 1. The van der Waals surface area contributed by atoms with E-state index in [4.69, 9.17) is 35.6 Å². The van der Waals surface area contributed by atoms with Crippen LogP contribution in [0.1, 0.15) is 92.1 Å². The van der Waals surface area contributed by atoms with Gasteiger partial charge < -0.3 is 24.0 Å². The van der Waals surface area contributed by atoms with Crippen molar-refractivity contribution >= 4 is 76.1 Å². The van der Waals surface area contributed by atoms with Crippen molar-refractivity contribution in [2.24, 2.45) is 11.3 Å². The van der Waals surface area contributed by atoms with Crippen molar-refractivity contribution in [2.75, 3.05) is 49.5 Å². The van der Waals surface area contributed by atoms with E-state index in [0.29, 0.717) is 57.4 Å². The van der Waals surface area contributed by atoms with Crippen molar-refractivity contribution in [3.05, 3.63) is 35.8 Å². The molecular formula is C48H53F3N8O5S2. The van der Waals surface area contributed by atoms with Gasteiger partial charge in [-0.05, 0) is 111 Å². The number of halogens is 3. The van der Waals surface area contributed by atoms with Gasteiger partial charge in [-0.3, -0.25) is 15.2 Å². The minimum absolute atomic E-state index is 0.0396. The molecule has 0 spiro atoms. The molecule has 3 saturated heterocycles. The van der Waals surface area contributed by atoms with E-state index in [2.05, 4.69) is 27.1 Å². The third-order valence-corrected chi connectivity index (χ3v) is 15.2. The number of fused-ring (bicyclic) bond motifs is 6. The Labute approximate surface area is 389 Å². The summed E-state index contributed by atoms with van der Waals surface area (Å²) in [5.74, 6) is 0.248. The number of nitrogens with zero attached hydrogens (tertiary/aromatic N) is 7. The number of nitriles is 1. The van der Waals surface area contributed by atoms with Gasteiger partial charge in [0, 0.05) is 55.0 Å². The zero-order chi connectivity index (χ0) is 46.9. The Morgan fingerprint density at radius 1 is 0.970 bits per heavy atom. The van der Waals surface area contributed by atoms with Gasteiger partial charge in [0.1, 0.15) is 45.3 Å². The molecule has 13 nitrogen and oxygen atoms in total. The first-order valence-corrected chi connectivity index (χ1v) is 24.1. The average Bonchev–Trinajstić information content (AvgIpc) is 3.56. The lowest BCUT2D eigenvalue weighted by Gasteiger charge is -2.42. The maximum absolute atomic E-state index is 15.6. The molecular weight excluding hydrogens is 890 g/mol. The van der Waals surface area contributed by atoms with Crippen LogP contribution >= 0.6 is 22.7 Å². The number of alkyl halides is 2. The van der Waals surface area contributed by atoms with Gasteiger partial charge in [-0.2, -0.15) is 15.2 Å². The van der Waals surface area contributed by atoms with Gasteiger partial charge in [-0.25, -0.2) is 22.8 Å². The number of carbonyl (C=O) groups is 2. The predicted octanol–water partition coefficient (Wildman–Crippen LogP) is 10.6. The van der Waals surface area contributed by atoms with E-state index in [1.54, 1.807) is 33.0 Å². The Balaban J connectivity index is 1.10. The van der Waals surface area contributed by atoms with E-state index in [0.717, 1.165) is 61.9 Å². The van der Waals surface area contributed by atoms with Crippen molar-refractivity contribution < 1.29 is 37.0 Å². The molecule has 348 valence electrons. The van der Waals surface area contributed by atoms with Gasteiger partial charge >= 0.3 is 18.2 Å². The summed E-state index contributed by atoms with van der Waals surface area (Å²) < 4.78 is 64.9. The van der Waals surface area contributed by atoms with E-state index < -0.39 is 34.5 Å². The number of hydrogen-bond acceptors (Lipinski definition) is 13. The van der Waals surface area contributed by atoms with Crippen LogP contribution in [0.5, 0.6) is 6.01 Å². The minimum Gasteiger partial charge on any atom is -0.462 e. The summed E-state index contributed by atoms with van der Waals surface area (Å²) in [4.78, 5) is 47.6. The number of nitrogens with one attached hydrogen (secondary N) is 1. The van der Waals surface area contributed by atoms with E-state index in [1.165, 1.54) is 17.4 Å². The molecule has 7 heterocycles. The Morgan fingerprint density at radius 3 is 2.30 bits per heavy atom. The van der Waals surface area contributed by atoms with Crippen LogP contribution in [-0.2, 0) is 9.47 Å². The Morgan fingerprint density at radius 2 is 1.67 bits per heavy atom. The van der Waals surface area contributed by atoms with Crippen LogP contribution in [0.15, 0.2) is 24.4 Å². The lowest BCUT2D eigenvalue weighted by molar-refractivity contribution is 0.0119. The summed E-state index contributed by atoms with van der Waals surface area (Å²) in [7, 11) is 0. The van der Waals surface area contributed by atoms with E-state index in [1.807, 2.05) is 31.7 Å². The number of thiophene rings is 2. The number of anilines is 2. The molecule has 3 atom stereocenters. The third kappa shape index (κ3) is 8.79. The molecule has 66 heavy (non-hydrogen) atoms. The van der Waals surface area contributed by atoms with Crippen LogP contribution in [0.3, 0.4) is 0 Å². The highest BCUT2D eigenvalue weighted by Crippen LogP contribution is 2.61. The van der Waals surface area contributed by atoms with Gasteiger partial charge in [-0.15, -0.1) is 35.0 Å². The number of benzene rings is 1. The quantitative estimate of drug-likeness (QED) is 0.134. The number of ether oxygens (including phenoxy) is 3. The van der Waals surface area contributed by atoms with Crippen molar-refractivity contribution in [3.63, 3.8) is 0 Å². The van der Waals surface area contributed by atoms with Gasteiger partial charge in [0.05, 0.1) is 43.5 Å². The molecule has 4 aliphatic rings. The molecule has 9 rings (SSSR count). The molecule has 1 aliphatic carbocycles. The van der Waals surface area contributed by atoms with E-state index >= 15 is 13.2 Å². The lowest BCUT2D eigenvalue weighted by atomic mass is 9.91. The molecule has 1 N–H and O–H groups in total. The SMILES string of the molecule is C#CCCC1CCN(C[C@@]2(COc3nc(N4CC5CCC(C4)N5C(=O)OC(C)(C)C)c4c(n3)sc3c(-c5ccc(F)c6sc(NC(=O)OC(C)(C)C)c(C#N)c56)nccc34)CC2(F)F)CC1. The molecule has 0 radical (unpaired) electrons. The highest BCUT2D eigenvalue weighted by molar-refractivity contribution is 7.26. The fourth-order valence-corrected chi connectivity index (χ4v) is 12.0. The summed E-state index contributed by atoms with van der Waals surface area (Å²) in [6, 6.07) is 6.52. The molecule has 4 fully saturated rings. The Bertz CT molecular complexity index is 2800. The van der Waals surface area contributed by atoms with Gasteiger partial charge in [0.2, 0.25) is 0 Å². The van der Waals surface area contributed by atoms with Gasteiger partial charge in [0.15, 0.2) is 0 Å². The maximum Gasteiger partial charge on any atom is 0.412 e. The largest absolute Gasteiger partial charge is 0.462 e. The van der Waals surface area contributed by atoms with E-state index in [-0.39, 0.29) is 64.4 Å². The summed E-state index contributed by atoms with van der Waals surface area (Å²) in [6.45, 7) is 12.9. The monoisotopic (exact) mass is 942 g/mol. The minimum atomic E-state index is -2.91. The zero-order valence-corrected chi connectivity index (χ0v) is 39.6. The molecule has 1 saturated carbocycles. The van der Waals surface area contributed by atoms with Crippen LogP contribution in [0, 0.1) is 40.8 Å². The molecule has 4 aromatic heterocycles. The second-order valence-corrected chi connectivity index (χ2v) is 22.1. The van der Waals surface area contributed by atoms with Crippen LogP contribution in [0.25, 0.3) is 41.6 Å². The first-order chi connectivity index (χ1) is 31.3. The topological polar surface area (TPSA) is 146 Å². The van der Waals surface area contributed by atoms with Gasteiger partial charge in [-0.1, -0.05) is 0 Å². The molecule has 1 aromatic carbocycles. The first kappa shape index (κ1) is 45.7. The summed E-state index contributed by atoms with van der Waals surface area (Å²) in [5, 5.41) is 15.0. The highest BCUT2D eigenvalue weighted by atomic mass is 32.1. The number of piperidine rings is 1. The molecule has 5 aromatic rings. The number of terminal acetylenes is 1. The number of amides is 2. The predicted molar refractivity (Wildman–Crippen MR) is 250 cm³/mol. The fraction of sp³-hybridized carbons (Fsp3) is 0.542. The van der Waals surface area contributed by atoms with Crippen molar-refractivity contribution in [2.45, 2.75) is 116 Å². The molecule has 2 bridgehead atoms. The Kier molecular flexibility index (Phi) is 11.8. The fourth-order valence-electron chi connectivity index (χ4n) is 9.80. The second kappa shape index (κ2) is 17.0. The highest BCUT2D eigenvalue weighted by Gasteiger charge is 2.72. The molecule has 18 heteroatoms. The lowest BCUT2D eigenvalue weighted by Crippen LogP contribution is -2.57. The second-order valence-electron chi connectivity index (χ2n) is 20.1. The third-order valence-electron chi connectivity index (χ3n) is 13.0. The van der Waals surface area contributed by atoms with Crippen LogP contribution < -0.4 is 15.0 Å². The van der Waals surface area contributed by atoms with Crippen molar-refractivity contribution in [1.29, 1.82) is 5.26 Å². The zero-order valence-electron chi connectivity index (χ0n) is 37.9. The number of aromatic nitrogens is 3. The maximum atomic E-state index is 15.6. The number of pyridine rings is 1. The Hall–Kier alpha value is -5.43. The standard InChI is InChI=1S/C48H53F3N8O5S2/c1-8-9-10-27-16-19-57(20-17-27)25-47(24-48(47,50)51)26-62-42-54-39(58-22-28-11-12-29(23-58)59(28)44(61)64-46(5,6)7)35-31-15-18-53-36(37(31)65-41(35)55-42)30-13-14-33(49)38-34(30)32(21-52)40(66-38)56-43(60)63-45(2,3)4/h1,13-15,18,27-29H,9-12,16-17,19-20,22-26H2,2-7H3,(H,56,60)/t28?,29?,47-/m1/s1. The number of carbonyl (C=O) groups excluding carboxylic acids is 2. The average molecular weight is 943 g/mol.